The number of aliphatic hydroxyl groups is 1. The molecule has 0 aromatic rings. The second-order valence-corrected chi connectivity index (χ2v) is 4.95. The molecule has 15 heavy (non-hydrogen) atoms. The largest absolute Gasteiger partial charge is 0.391 e. The van der Waals surface area contributed by atoms with Crippen molar-refractivity contribution in [2.75, 3.05) is 26.8 Å². The highest BCUT2D eigenvalue weighted by Gasteiger charge is 2.30. The lowest BCUT2D eigenvalue weighted by molar-refractivity contribution is 0.0454. The zero-order chi connectivity index (χ0) is 11.3. The Hall–Kier alpha value is -0.120. The van der Waals surface area contributed by atoms with Crippen LogP contribution in [0.1, 0.15) is 33.1 Å². The van der Waals surface area contributed by atoms with Crippen molar-refractivity contribution >= 4 is 0 Å². The van der Waals surface area contributed by atoms with Crippen molar-refractivity contribution in [3.63, 3.8) is 0 Å². The minimum atomic E-state index is -0.124. The molecule has 1 aliphatic carbocycles. The molecule has 0 unspecified atom stereocenters. The molecule has 0 aromatic carbocycles. The van der Waals surface area contributed by atoms with E-state index in [1.807, 2.05) is 0 Å². The van der Waals surface area contributed by atoms with E-state index < -0.39 is 0 Å². The minimum absolute atomic E-state index is 0.124. The van der Waals surface area contributed by atoms with Gasteiger partial charge in [0.15, 0.2) is 0 Å². The molecule has 0 heterocycles. The molecule has 3 heteroatoms. The van der Waals surface area contributed by atoms with Gasteiger partial charge >= 0.3 is 0 Å². The molecule has 0 amide bonds. The summed E-state index contributed by atoms with van der Waals surface area (Å²) >= 11 is 0. The van der Waals surface area contributed by atoms with Gasteiger partial charge in [0, 0.05) is 26.2 Å². The predicted molar refractivity (Wildman–Crippen MR) is 61.9 cm³/mol. The lowest BCUT2D eigenvalue weighted by Crippen LogP contribution is -2.44. The van der Waals surface area contributed by atoms with E-state index in [1.165, 1.54) is 0 Å². The zero-order valence-corrected chi connectivity index (χ0v) is 10.3. The van der Waals surface area contributed by atoms with E-state index in [2.05, 4.69) is 18.7 Å². The van der Waals surface area contributed by atoms with Gasteiger partial charge in [-0.2, -0.15) is 0 Å². The lowest BCUT2D eigenvalue weighted by Gasteiger charge is -2.32. The third kappa shape index (κ3) is 4.09. The molecule has 0 saturated heterocycles. The molecule has 0 bridgehead atoms. The van der Waals surface area contributed by atoms with Crippen molar-refractivity contribution in [1.29, 1.82) is 0 Å². The quantitative estimate of drug-likeness (QED) is 0.729. The monoisotopic (exact) mass is 215 g/mol. The van der Waals surface area contributed by atoms with Crippen LogP contribution in [0.4, 0.5) is 0 Å². The van der Waals surface area contributed by atoms with Crippen molar-refractivity contribution in [3.05, 3.63) is 0 Å². The molecule has 0 radical (unpaired) electrons. The van der Waals surface area contributed by atoms with Gasteiger partial charge in [0.2, 0.25) is 0 Å². The van der Waals surface area contributed by atoms with Gasteiger partial charge in [0.25, 0.3) is 0 Å². The van der Waals surface area contributed by atoms with E-state index in [0.717, 1.165) is 39.0 Å². The summed E-state index contributed by atoms with van der Waals surface area (Å²) in [7, 11) is 1.73. The van der Waals surface area contributed by atoms with Crippen molar-refractivity contribution in [3.8, 4) is 0 Å². The van der Waals surface area contributed by atoms with Gasteiger partial charge in [-0.05, 0) is 25.2 Å². The van der Waals surface area contributed by atoms with Crippen LogP contribution < -0.4 is 0 Å². The van der Waals surface area contributed by atoms with E-state index >= 15 is 0 Å². The number of methoxy groups -OCH3 is 1. The maximum Gasteiger partial charge on any atom is 0.0695 e. The van der Waals surface area contributed by atoms with E-state index in [9.17, 15) is 5.11 Å². The summed E-state index contributed by atoms with van der Waals surface area (Å²) in [6.45, 7) is 7.21. The van der Waals surface area contributed by atoms with Crippen LogP contribution in [0.3, 0.4) is 0 Å². The third-order valence-electron chi connectivity index (χ3n) is 3.10. The van der Waals surface area contributed by atoms with Crippen LogP contribution in [0.25, 0.3) is 0 Å². The number of hydrogen-bond acceptors (Lipinski definition) is 3. The van der Waals surface area contributed by atoms with Crippen molar-refractivity contribution in [2.45, 2.75) is 45.3 Å². The summed E-state index contributed by atoms with van der Waals surface area (Å²) in [4.78, 5) is 2.39. The fraction of sp³-hybridized carbons (Fsp3) is 1.00. The predicted octanol–water partition coefficient (Wildman–Crippen LogP) is 1.50. The summed E-state index contributed by atoms with van der Waals surface area (Å²) in [6, 6.07) is 0.363. The Balaban J connectivity index is 2.46. The maximum atomic E-state index is 9.89. The topological polar surface area (TPSA) is 32.7 Å². The maximum absolute atomic E-state index is 9.89. The first kappa shape index (κ1) is 12.9. The first-order chi connectivity index (χ1) is 7.15. The zero-order valence-electron chi connectivity index (χ0n) is 10.3. The third-order valence-corrected chi connectivity index (χ3v) is 3.10. The summed E-state index contributed by atoms with van der Waals surface area (Å²) in [5, 5.41) is 9.89. The second-order valence-electron chi connectivity index (χ2n) is 4.95. The molecule has 1 aliphatic rings. The van der Waals surface area contributed by atoms with E-state index in [-0.39, 0.29) is 6.10 Å². The van der Waals surface area contributed by atoms with Crippen LogP contribution in [0.5, 0.6) is 0 Å². The van der Waals surface area contributed by atoms with Crippen LogP contribution in [0.2, 0.25) is 0 Å². The molecular weight excluding hydrogens is 190 g/mol. The Morgan fingerprint density at radius 3 is 2.60 bits per heavy atom. The van der Waals surface area contributed by atoms with Gasteiger partial charge in [-0.3, -0.25) is 4.90 Å². The Morgan fingerprint density at radius 2 is 2.13 bits per heavy atom. The highest BCUT2D eigenvalue weighted by Crippen LogP contribution is 2.24. The fourth-order valence-electron chi connectivity index (χ4n) is 2.42. The summed E-state index contributed by atoms with van der Waals surface area (Å²) in [6.07, 6.45) is 3.14. The van der Waals surface area contributed by atoms with E-state index in [1.54, 1.807) is 7.11 Å². The van der Waals surface area contributed by atoms with Crippen LogP contribution in [0.15, 0.2) is 0 Å². The molecule has 1 fully saturated rings. The Kier molecular flexibility index (Phi) is 5.58. The molecule has 1 saturated carbocycles. The molecule has 90 valence electrons. The number of rotatable bonds is 6. The number of aliphatic hydroxyl groups excluding tert-OH is 1. The van der Waals surface area contributed by atoms with Crippen LogP contribution in [0, 0.1) is 5.92 Å². The Labute approximate surface area is 93.4 Å². The van der Waals surface area contributed by atoms with E-state index in [4.69, 9.17) is 4.74 Å². The Morgan fingerprint density at radius 1 is 1.40 bits per heavy atom. The molecule has 2 atom stereocenters. The van der Waals surface area contributed by atoms with Crippen molar-refractivity contribution < 1.29 is 9.84 Å². The average molecular weight is 215 g/mol. The normalized spacial score (nSPS) is 26.8. The highest BCUT2D eigenvalue weighted by atomic mass is 16.5. The van der Waals surface area contributed by atoms with Gasteiger partial charge in [-0.15, -0.1) is 0 Å². The van der Waals surface area contributed by atoms with Gasteiger partial charge in [-0.1, -0.05) is 13.8 Å². The first-order valence-corrected chi connectivity index (χ1v) is 6.06. The van der Waals surface area contributed by atoms with Crippen molar-refractivity contribution in [1.82, 2.24) is 4.90 Å². The standard InChI is InChI=1S/C12H25NO2/c1-10(2)9-13(7-8-15-3)11-5-4-6-12(11)14/h10-12,14H,4-9H2,1-3H3/t11-,12-/m0/s1. The average Bonchev–Trinajstić information content (AvgIpc) is 2.58. The summed E-state index contributed by atoms with van der Waals surface area (Å²) in [5.74, 6) is 0.648. The minimum Gasteiger partial charge on any atom is -0.391 e. The molecule has 0 aliphatic heterocycles. The number of ether oxygens (including phenoxy) is 1. The van der Waals surface area contributed by atoms with Crippen LogP contribution >= 0.6 is 0 Å². The molecule has 0 spiro atoms. The summed E-state index contributed by atoms with van der Waals surface area (Å²) in [5.41, 5.74) is 0. The second kappa shape index (κ2) is 6.46. The van der Waals surface area contributed by atoms with Gasteiger partial charge < -0.3 is 9.84 Å². The number of hydrogen-bond donors (Lipinski definition) is 1. The van der Waals surface area contributed by atoms with Crippen LogP contribution in [-0.2, 0) is 4.74 Å². The summed E-state index contributed by atoms with van der Waals surface area (Å²) < 4.78 is 5.13. The smallest absolute Gasteiger partial charge is 0.0695 e. The van der Waals surface area contributed by atoms with E-state index in [0.29, 0.717) is 12.0 Å². The van der Waals surface area contributed by atoms with Crippen LogP contribution in [-0.4, -0.2) is 49.0 Å². The number of nitrogens with zero attached hydrogens (tertiary/aromatic N) is 1. The lowest BCUT2D eigenvalue weighted by atomic mass is 10.1. The van der Waals surface area contributed by atoms with Crippen molar-refractivity contribution in [2.24, 2.45) is 5.92 Å². The molecular formula is C12H25NO2. The van der Waals surface area contributed by atoms with Gasteiger partial charge in [0.05, 0.1) is 12.7 Å². The molecule has 1 rings (SSSR count). The molecule has 3 nitrogen and oxygen atoms in total. The Bertz CT molecular complexity index is 173. The SMILES string of the molecule is COCCN(CC(C)C)[C@H]1CCC[C@@H]1O. The van der Waals surface area contributed by atoms with Gasteiger partial charge in [-0.25, -0.2) is 0 Å². The van der Waals surface area contributed by atoms with Gasteiger partial charge in [0.1, 0.15) is 0 Å². The fourth-order valence-corrected chi connectivity index (χ4v) is 2.42. The highest BCUT2D eigenvalue weighted by molar-refractivity contribution is 4.85. The molecule has 1 N–H and O–H groups in total. The first-order valence-electron chi connectivity index (χ1n) is 6.06. The molecule has 0 aromatic heterocycles.